The van der Waals surface area contributed by atoms with E-state index in [-0.39, 0.29) is 5.41 Å². The molecule has 0 saturated carbocycles. The van der Waals surface area contributed by atoms with Gasteiger partial charge in [0, 0.05) is 17.1 Å². The van der Waals surface area contributed by atoms with Crippen LogP contribution >= 0.6 is 0 Å². The summed E-state index contributed by atoms with van der Waals surface area (Å²) in [5, 5.41) is 5.11. The van der Waals surface area contributed by atoms with Gasteiger partial charge in [0.25, 0.3) is 0 Å². The summed E-state index contributed by atoms with van der Waals surface area (Å²) in [4.78, 5) is 2.39. The maximum Gasteiger partial charge on any atom is 0.0490 e. The SMILES string of the molecule is Cc1ccc(N(c2ccc3cc4c(cc3c2)-c2cc3cc(-c5ccc(C(C)(C)C)cc5)ccc3cc2-4)c2ccc(C)cc2C)cc1. The average Bonchev–Trinajstić information content (AvgIpc) is 3.04. The Kier molecular flexibility index (Phi) is 6.44. The molecule has 0 aliphatic heterocycles. The van der Waals surface area contributed by atoms with Gasteiger partial charge in [-0.1, -0.05) is 98.6 Å². The molecule has 1 aliphatic carbocycles. The first-order valence-electron chi connectivity index (χ1n) is 16.3. The van der Waals surface area contributed by atoms with Crippen LogP contribution in [0.1, 0.15) is 43.0 Å². The molecule has 0 N–H and O–H groups in total. The van der Waals surface area contributed by atoms with Crippen molar-refractivity contribution >= 4 is 38.6 Å². The molecule has 0 bridgehead atoms. The van der Waals surface area contributed by atoms with Crippen LogP contribution in [0.3, 0.4) is 0 Å². The molecule has 0 radical (unpaired) electrons. The quantitative estimate of drug-likeness (QED) is 0.196. The smallest absolute Gasteiger partial charge is 0.0490 e. The monoisotopic (exact) mass is 593 g/mol. The minimum Gasteiger partial charge on any atom is -0.310 e. The van der Waals surface area contributed by atoms with Gasteiger partial charge in [-0.2, -0.15) is 0 Å². The van der Waals surface area contributed by atoms with E-state index in [0.29, 0.717) is 0 Å². The van der Waals surface area contributed by atoms with Crippen LogP contribution in [0.2, 0.25) is 0 Å². The zero-order chi connectivity index (χ0) is 31.7. The third kappa shape index (κ3) is 4.79. The number of aryl methyl sites for hydroxylation is 3. The second kappa shape index (κ2) is 10.5. The summed E-state index contributed by atoms with van der Waals surface area (Å²) in [6, 6.07) is 48.0. The van der Waals surface area contributed by atoms with Gasteiger partial charge in [-0.15, -0.1) is 0 Å². The van der Waals surface area contributed by atoms with Gasteiger partial charge in [-0.05, 0) is 153 Å². The van der Waals surface area contributed by atoms with Crippen molar-refractivity contribution in [2.45, 2.75) is 47.0 Å². The third-order valence-corrected chi connectivity index (χ3v) is 9.75. The normalized spacial score (nSPS) is 12.1. The molecule has 0 atom stereocenters. The van der Waals surface area contributed by atoms with Crippen molar-refractivity contribution in [2.75, 3.05) is 4.90 Å². The van der Waals surface area contributed by atoms with Crippen molar-refractivity contribution in [1.82, 2.24) is 0 Å². The standard InChI is InChI=1S/C45H39N/c1-28-7-17-38(18-8-28)46(44-20-9-29(2)21-30(44)3)39-19-14-34-25-41-40-24-33-11-10-32(31-12-15-37(16-13-31)45(4,5)6)22-35(33)26-42(40)43(41)27-36(34)23-39/h7-27H,1-6H3. The molecule has 46 heavy (non-hydrogen) atoms. The maximum atomic E-state index is 2.40. The van der Waals surface area contributed by atoms with E-state index in [4.69, 9.17) is 0 Å². The van der Waals surface area contributed by atoms with Gasteiger partial charge in [0.2, 0.25) is 0 Å². The van der Waals surface area contributed by atoms with Crippen molar-refractivity contribution in [3.8, 4) is 33.4 Å². The summed E-state index contributed by atoms with van der Waals surface area (Å²) in [6.45, 7) is 13.3. The highest BCUT2D eigenvalue weighted by Gasteiger charge is 2.24. The minimum absolute atomic E-state index is 0.154. The molecule has 1 nitrogen and oxygen atoms in total. The van der Waals surface area contributed by atoms with E-state index in [1.807, 2.05) is 0 Å². The molecule has 7 aromatic carbocycles. The average molecular weight is 594 g/mol. The van der Waals surface area contributed by atoms with E-state index in [2.05, 4.69) is 174 Å². The third-order valence-electron chi connectivity index (χ3n) is 9.75. The first kappa shape index (κ1) is 28.3. The van der Waals surface area contributed by atoms with Crippen molar-refractivity contribution in [1.29, 1.82) is 0 Å². The first-order valence-corrected chi connectivity index (χ1v) is 16.3. The van der Waals surface area contributed by atoms with E-state index < -0.39 is 0 Å². The highest BCUT2D eigenvalue weighted by Crippen LogP contribution is 2.51. The number of nitrogens with zero attached hydrogens (tertiary/aromatic N) is 1. The van der Waals surface area contributed by atoms with Crippen LogP contribution in [0.15, 0.2) is 127 Å². The second-order valence-electron chi connectivity index (χ2n) is 14.2. The molecule has 1 aliphatic rings. The molecule has 0 aromatic heterocycles. The van der Waals surface area contributed by atoms with Gasteiger partial charge < -0.3 is 4.90 Å². The fourth-order valence-electron chi connectivity index (χ4n) is 7.07. The largest absolute Gasteiger partial charge is 0.310 e. The van der Waals surface area contributed by atoms with E-state index in [1.165, 1.54) is 94.2 Å². The van der Waals surface area contributed by atoms with Gasteiger partial charge in [-0.25, -0.2) is 0 Å². The van der Waals surface area contributed by atoms with Crippen molar-refractivity contribution in [3.63, 3.8) is 0 Å². The van der Waals surface area contributed by atoms with Crippen LogP contribution in [0.4, 0.5) is 17.1 Å². The lowest BCUT2D eigenvalue weighted by Crippen LogP contribution is -2.11. The van der Waals surface area contributed by atoms with Crippen LogP contribution in [-0.4, -0.2) is 0 Å². The van der Waals surface area contributed by atoms with E-state index in [9.17, 15) is 0 Å². The van der Waals surface area contributed by atoms with Crippen molar-refractivity contribution in [2.24, 2.45) is 0 Å². The van der Waals surface area contributed by atoms with E-state index in [0.717, 1.165) is 0 Å². The fourth-order valence-corrected chi connectivity index (χ4v) is 7.07. The Bertz CT molecular complexity index is 2300. The molecular formula is C45H39N. The fraction of sp³-hybridized carbons (Fsp3) is 0.156. The molecule has 8 rings (SSSR count). The molecule has 0 spiro atoms. The van der Waals surface area contributed by atoms with Crippen molar-refractivity contribution in [3.05, 3.63) is 150 Å². The molecule has 0 fully saturated rings. The Balaban J connectivity index is 1.19. The van der Waals surface area contributed by atoms with Crippen LogP contribution < -0.4 is 4.90 Å². The molecule has 224 valence electrons. The maximum absolute atomic E-state index is 2.40. The number of rotatable bonds is 4. The summed E-state index contributed by atoms with van der Waals surface area (Å²) in [6.07, 6.45) is 0. The highest BCUT2D eigenvalue weighted by atomic mass is 15.1. The molecular weight excluding hydrogens is 555 g/mol. The number of fused-ring (bicyclic) bond motifs is 6. The molecule has 0 unspecified atom stereocenters. The summed E-state index contributed by atoms with van der Waals surface area (Å²) >= 11 is 0. The van der Waals surface area contributed by atoms with Crippen LogP contribution in [0.25, 0.3) is 54.9 Å². The zero-order valence-electron chi connectivity index (χ0n) is 27.6. The number of hydrogen-bond donors (Lipinski definition) is 0. The second-order valence-corrected chi connectivity index (χ2v) is 14.2. The Morgan fingerprint density at radius 1 is 0.413 bits per heavy atom. The van der Waals surface area contributed by atoms with Crippen molar-refractivity contribution < 1.29 is 0 Å². The number of hydrogen-bond acceptors (Lipinski definition) is 1. The summed E-state index contributed by atoms with van der Waals surface area (Å²) in [5.74, 6) is 0. The van der Waals surface area contributed by atoms with E-state index in [1.54, 1.807) is 0 Å². The zero-order valence-corrected chi connectivity index (χ0v) is 27.6. The van der Waals surface area contributed by atoms with Crippen LogP contribution in [0.5, 0.6) is 0 Å². The van der Waals surface area contributed by atoms with Gasteiger partial charge in [0.15, 0.2) is 0 Å². The molecule has 0 amide bonds. The molecule has 0 heterocycles. The topological polar surface area (TPSA) is 3.24 Å². The van der Waals surface area contributed by atoms with Gasteiger partial charge in [0.05, 0.1) is 0 Å². The van der Waals surface area contributed by atoms with E-state index >= 15 is 0 Å². The summed E-state index contributed by atoms with van der Waals surface area (Å²) < 4.78 is 0. The summed E-state index contributed by atoms with van der Waals surface area (Å²) in [5.41, 5.74) is 16.8. The summed E-state index contributed by atoms with van der Waals surface area (Å²) in [7, 11) is 0. The highest BCUT2D eigenvalue weighted by molar-refractivity contribution is 6.12. The Labute approximate surface area is 272 Å². The number of anilines is 3. The minimum atomic E-state index is 0.154. The lowest BCUT2D eigenvalue weighted by Gasteiger charge is -2.29. The molecule has 0 saturated heterocycles. The number of benzene rings is 7. The Morgan fingerprint density at radius 3 is 1.54 bits per heavy atom. The predicted molar refractivity (Wildman–Crippen MR) is 199 cm³/mol. The Hall–Kier alpha value is -5.14. The van der Waals surface area contributed by atoms with Gasteiger partial charge in [-0.3, -0.25) is 0 Å². The molecule has 1 heteroatoms. The lowest BCUT2D eigenvalue weighted by molar-refractivity contribution is 0.590. The van der Waals surface area contributed by atoms with Crippen LogP contribution in [-0.2, 0) is 5.41 Å². The van der Waals surface area contributed by atoms with Gasteiger partial charge in [0.1, 0.15) is 0 Å². The van der Waals surface area contributed by atoms with Crippen LogP contribution in [0, 0.1) is 20.8 Å². The Morgan fingerprint density at radius 2 is 0.935 bits per heavy atom. The lowest BCUT2D eigenvalue weighted by atomic mass is 9.77. The predicted octanol–water partition coefficient (Wildman–Crippen LogP) is 13.0. The molecule has 7 aromatic rings. The van der Waals surface area contributed by atoms with Gasteiger partial charge >= 0.3 is 0 Å². The first-order chi connectivity index (χ1) is 22.1.